The SMILES string of the molecule is CN1C(C(N)=O)Cc2cc(N3CCOCC3)ccc2S1(=O)=O. The molecule has 0 spiro atoms. The van der Waals surface area contributed by atoms with Crippen LogP contribution in [0.1, 0.15) is 5.56 Å². The molecule has 3 rings (SSSR count). The fraction of sp³-hybridized carbons (Fsp3) is 0.500. The summed E-state index contributed by atoms with van der Waals surface area (Å²) in [6, 6.07) is 4.43. The van der Waals surface area contributed by atoms with Gasteiger partial charge in [0, 0.05) is 25.8 Å². The van der Waals surface area contributed by atoms with Crippen LogP contribution in [0.3, 0.4) is 0 Å². The summed E-state index contributed by atoms with van der Waals surface area (Å²) < 4.78 is 31.4. The Hall–Kier alpha value is -1.64. The zero-order valence-corrected chi connectivity index (χ0v) is 13.2. The summed E-state index contributed by atoms with van der Waals surface area (Å²) in [4.78, 5) is 13.9. The first-order valence-electron chi connectivity index (χ1n) is 7.14. The molecule has 7 nitrogen and oxygen atoms in total. The molecule has 1 atom stereocenters. The summed E-state index contributed by atoms with van der Waals surface area (Å²) in [5.41, 5.74) is 6.94. The highest BCUT2D eigenvalue weighted by molar-refractivity contribution is 7.89. The second-order valence-electron chi connectivity index (χ2n) is 5.53. The number of carbonyl (C=O) groups excluding carboxylic acids is 1. The van der Waals surface area contributed by atoms with Gasteiger partial charge >= 0.3 is 0 Å². The molecule has 0 radical (unpaired) electrons. The Morgan fingerprint density at radius 2 is 2.00 bits per heavy atom. The molecule has 2 aliphatic heterocycles. The van der Waals surface area contributed by atoms with E-state index in [1.54, 1.807) is 12.1 Å². The molecule has 1 fully saturated rings. The summed E-state index contributed by atoms with van der Waals surface area (Å²) >= 11 is 0. The molecule has 2 aliphatic rings. The van der Waals surface area contributed by atoms with Gasteiger partial charge in [-0.1, -0.05) is 0 Å². The number of primary amides is 1. The molecule has 1 unspecified atom stereocenters. The molecule has 1 aromatic carbocycles. The van der Waals surface area contributed by atoms with Crippen LogP contribution in [0.25, 0.3) is 0 Å². The largest absolute Gasteiger partial charge is 0.378 e. The maximum Gasteiger partial charge on any atom is 0.243 e. The molecular formula is C14H19N3O4S. The average molecular weight is 325 g/mol. The number of rotatable bonds is 2. The minimum atomic E-state index is -3.67. The Bertz CT molecular complexity index is 698. The zero-order chi connectivity index (χ0) is 15.9. The van der Waals surface area contributed by atoms with Crippen LogP contribution in [0.15, 0.2) is 23.1 Å². The van der Waals surface area contributed by atoms with E-state index in [0.29, 0.717) is 25.2 Å². The minimum Gasteiger partial charge on any atom is -0.378 e. The Kier molecular flexibility index (Phi) is 3.84. The van der Waals surface area contributed by atoms with E-state index in [1.807, 2.05) is 6.07 Å². The highest BCUT2D eigenvalue weighted by Gasteiger charge is 2.38. The molecule has 120 valence electrons. The fourth-order valence-corrected chi connectivity index (χ4v) is 4.47. The summed E-state index contributed by atoms with van der Waals surface area (Å²) in [6.07, 6.45) is 0.304. The van der Waals surface area contributed by atoms with E-state index in [4.69, 9.17) is 10.5 Å². The van der Waals surface area contributed by atoms with Crippen molar-refractivity contribution in [3.63, 3.8) is 0 Å². The number of sulfonamides is 1. The van der Waals surface area contributed by atoms with Gasteiger partial charge < -0.3 is 15.4 Å². The summed E-state index contributed by atoms with van der Waals surface area (Å²) in [7, 11) is -2.28. The van der Waals surface area contributed by atoms with E-state index in [1.165, 1.54) is 7.05 Å². The maximum absolute atomic E-state index is 12.5. The lowest BCUT2D eigenvalue weighted by atomic mass is 10.0. The molecular weight excluding hydrogens is 306 g/mol. The van der Waals surface area contributed by atoms with Gasteiger partial charge in [0.15, 0.2) is 0 Å². The van der Waals surface area contributed by atoms with Gasteiger partial charge in [-0.2, -0.15) is 4.31 Å². The molecule has 0 saturated carbocycles. The Balaban J connectivity index is 2.01. The van der Waals surface area contributed by atoms with Crippen molar-refractivity contribution in [2.24, 2.45) is 5.73 Å². The predicted octanol–water partition coefficient (Wildman–Crippen LogP) is -0.446. The van der Waals surface area contributed by atoms with Crippen LogP contribution in [0.4, 0.5) is 5.69 Å². The second kappa shape index (κ2) is 5.53. The summed E-state index contributed by atoms with van der Waals surface area (Å²) in [5.74, 6) is -0.631. The van der Waals surface area contributed by atoms with Crippen LogP contribution in [0.2, 0.25) is 0 Å². The third-order valence-corrected chi connectivity index (χ3v) is 6.22. The quantitative estimate of drug-likeness (QED) is 0.795. The number of morpholine rings is 1. The van der Waals surface area contributed by atoms with E-state index in [-0.39, 0.29) is 4.90 Å². The van der Waals surface area contributed by atoms with E-state index in [2.05, 4.69) is 4.90 Å². The molecule has 22 heavy (non-hydrogen) atoms. The lowest BCUT2D eigenvalue weighted by Gasteiger charge is -2.33. The zero-order valence-electron chi connectivity index (χ0n) is 12.4. The van der Waals surface area contributed by atoms with Crippen molar-refractivity contribution in [1.29, 1.82) is 0 Å². The summed E-state index contributed by atoms with van der Waals surface area (Å²) in [5, 5.41) is 0. The number of ether oxygens (including phenoxy) is 1. The molecule has 0 aromatic heterocycles. The predicted molar refractivity (Wildman–Crippen MR) is 81.1 cm³/mol. The number of nitrogens with two attached hydrogens (primary N) is 1. The normalized spacial score (nSPS) is 24.8. The van der Waals surface area contributed by atoms with Gasteiger partial charge in [0.1, 0.15) is 6.04 Å². The number of likely N-dealkylation sites (N-methyl/N-ethyl adjacent to an activating group) is 1. The molecule has 1 aromatic rings. The smallest absolute Gasteiger partial charge is 0.243 e. The number of hydrogen-bond donors (Lipinski definition) is 1. The second-order valence-corrected chi connectivity index (χ2v) is 7.50. The molecule has 0 aliphatic carbocycles. The first kappa shape index (κ1) is 15.3. The van der Waals surface area contributed by atoms with Gasteiger partial charge in [-0.05, 0) is 30.2 Å². The van der Waals surface area contributed by atoms with E-state index >= 15 is 0 Å². The van der Waals surface area contributed by atoms with E-state index < -0.39 is 22.0 Å². The average Bonchev–Trinajstić information content (AvgIpc) is 2.51. The number of fused-ring (bicyclic) bond motifs is 1. The number of benzene rings is 1. The van der Waals surface area contributed by atoms with Gasteiger partial charge in [0.25, 0.3) is 0 Å². The number of nitrogens with zero attached hydrogens (tertiary/aromatic N) is 2. The Labute approximate surface area is 129 Å². The minimum absolute atomic E-state index is 0.254. The van der Waals surface area contributed by atoms with Crippen LogP contribution in [0, 0.1) is 0 Å². The molecule has 8 heteroatoms. The molecule has 2 N–H and O–H groups in total. The number of anilines is 1. The van der Waals surface area contributed by atoms with Crippen molar-refractivity contribution in [2.75, 3.05) is 38.3 Å². The topological polar surface area (TPSA) is 92.9 Å². The number of amides is 1. The maximum atomic E-state index is 12.5. The highest BCUT2D eigenvalue weighted by atomic mass is 32.2. The van der Waals surface area contributed by atoms with Gasteiger partial charge in [0.2, 0.25) is 15.9 Å². The molecule has 1 amide bonds. The van der Waals surface area contributed by atoms with Gasteiger partial charge in [0.05, 0.1) is 18.1 Å². The summed E-state index contributed by atoms with van der Waals surface area (Å²) in [6.45, 7) is 2.85. The van der Waals surface area contributed by atoms with Crippen LogP contribution in [0.5, 0.6) is 0 Å². The van der Waals surface area contributed by atoms with Crippen LogP contribution in [-0.2, 0) is 26.0 Å². The van der Waals surface area contributed by atoms with Crippen molar-refractivity contribution in [3.05, 3.63) is 23.8 Å². The molecule has 0 bridgehead atoms. The molecule has 1 saturated heterocycles. The fourth-order valence-electron chi connectivity index (χ4n) is 2.93. The highest BCUT2D eigenvalue weighted by Crippen LogP contribution is 2.32. The standard InChI is InChI=1S/C14H19N3O4S/c1-16-12(14(15)18)9-10-8-11(17-4-6-21-7-5-17)2-3-13(10)22(16,19)20/h2-3,8,12H,4-7,9H2,1H3,(H2,15,18). The van der Waals surface area contributed by atoms with Crippen LogP contribution in [-0.4, -0.2) is 58.0 Å². The Morgan fingerprint density at radius 3 is 2.64 bits per heavy atom. The lowest BCUT2D eigenvalue weighted by Crippen LogP contribution is -2.50. The van der Waals surface area contributed by atoms with Crippen molar-refractivity contribution >= 4 is 21.6 Å². The third kappa shape index (κ3) is 2.47. The first-order chi connectivity index (χ1) is 10.4. The van der Waals surface area contributed by atoms with Crippen molar-refractivity contribution in [2.45, 2.75) is 17.4 Å². The number of hydrogen-bond acceptors (Lipinski definition) is 5. The van der Waals surface area contributed by atoms with E-state index in [0.717, 1.165) is 23.1 Å². The van der Waals surface area contributed by atoms with Crippen molar-refractivity contribution in [1.82, 2.24) is 4.31 Å². The third-order valence-electron chi connectivity index (χ3n) is 4.26. The van der Waals surface area contributed by atoms with Gasteiger partial charge in [-0.15, -0.1) is 0 Å². The van der Waals surface area contributed by atoms with Gasteiger partial charge in [-0.3, -0.25) is 4.79 Å². The monoisotopic (exact) mass is 325 g/mol. The number of carbonyl (C=O) groups is 1. The van der Waals surface area contributed by atoms with Crippen LogP contribution < -0.4 is 10.6 Å². The lowest BCUT2D eigenvalue weighted by molar-refractivity contribution is -0.121. The van der Waals surface area contributed by atoms with E-state index in [9.17, 15) is 13.2 Å². The first-order valence-corrected chi connectivity index (χ1v) is 8.58. The van der Waals surface area contributed by atoms with Crippen molar-refractivity contribution < 1.29 is 17.9 Å². The van der Waals surface area contributed by atoms with Gasteiger partial charge in [-0.25, -0.2) is 8.42 Å². The Morgan fingerprint density at radius 1 is 1.32 bits per heavy atom. The van der Waals surface area contributed by atoms with Crippen molar-refractivity contribution in [3.8, 4) is 0 Å². The molecule has 2 heterocycles. The van der Waals surface area contributed by atoms with Crippen LogP contribution >= 0.6 is 0 Å².